The summed E-state index contributed by atoms with van der Waals surface area (Å²) in [6.07, 6.45) is 8.85. The average molecular weight is 661 g/mol. The molecule has 7 rings (SSSR count). The summed E-state index contributed by atoms with van der Waals surface area (Å²) in [6, 6.07) is 36.5. The van der Waals surface area contributed by atoms with Gasteiger partial charge in [0.15, 0.2) is 0 Å². The molecule has 0 aliphatic heterocycles. The van der Waals surface area contributed by atoms with Gasteiger partial charge in [0.05, 0.1) is 22.4 Å². The number of benzene rings is 4. The smallest absolute Gasteiger partial charge is 0.137 e. The number of ether oxygens (including phenoxy) is 1. The number of aryl methyl sites for hydroxylation is 3. The third-order valence-electron chi connectivity index (χ3n) is 9.73. The molecular weight excluding hydrogens is 613 g/mol. The maximum absolute atomic E-state index is 6.61. The van der Waals surface area contributed by atoms with E-state index in [0.717, 1.165) is 64.7 Å². The van der Waals surface area contributed by atoms with Crippen molar-refractivity contribution in [1.82, 2.24) is 19.3 Å². The largest absolute Gasteiger partial charge is 0.457 e. The van der Waals surface area contributed by atoms with E-state index in [-0.39, 0.29) is 5.41 Å². The molecule has 0 unspecified atom stereocenters. The predicted molar refractivity (Wildman–Crippen MR) is 208 cm³/mol. The van der Waals surface area contributed by atoms with Crippen molar-refractivity contribution in [2.75, 3.05) is 0 Å². The van der Waals surface area contributed by atoms with Gasteiger partial charge >= 0.3 is 0 Å². The second-order valence-corrected chi connectivity index (χ2v) is 14.8. The van der Waals surface area contributed by atoms with Gasteiger partial charge in [0.25, 0.3) is 0 Å². The zero-order valence-corrected chi connectivity index (χ0v) is 30.3. The predicted octanol–water partition coefficient (Wildman–Crippen LogP) is 12.2. The van der Waals surface area contributed by atoms with Crippen LogP contribution in [0, 0.1) is 19.3 Å². The molecule has 7 aromatic rings. The Morgan fingerprint density at radius 1 is 0.700 bits per heavy atom. The lowest BCUT2D eigenvalue weighted by atomic mass is 9.88. The average Bonchev–Trinajstić information content (AvgIpc) is 3.59. The van der Waals surface area contributed by atoms with E-state index in [1.54, 1.807) is 0 Å². The van der Waals surface area contributed by atoms with E-state index >= 15 is 0 Å². The van der Waals surface area contributed by atoms with Gasteiger partial charge in [0, 0.05) is 40.4 Å². The second-order valence-electron chi connectivity index (χ2n) is 14.8. The van der Waals surface area contributed by atoms with Crippen LogP contribution in [-0.2, 0) is 12.8 Å². The lowest BCUT2D eigenvalue weighted by Gasteiger charge is -2.17. The molecule has 0 spiro atoms. The molecule has 0 saturated carbocycles. The first-order valence-corrected chi connectivity index (χ1v) is 18.1. The first-order valence-electron chi connectivity index (χ1n) is 18.1. The number of nitrogens with zero attached hydrogens (tertiary/aromatic N) is 4. The minimum absolute atomic E-state index is 0.285. The zero-order valence-electron chi connectivity index (χ0n) is 30.3. The monoisotopic (exact) mass is 660 g/mol. The van der Waals surface area contributed by atoms with Crippen LogP contribution in [0.15, 0.2) is 109 Å². The molecule has 0 aliphatic rings. The molecule has 0 aliphatic carbocycles. The minimum Gasteiger partial charge on any atom is -0.457 e. The summed E-state index contributed by atoms with van der Waals surface area (Å²) in [5, 5.41) is 7.38. The highest BCUT2D eigenvalue weighted by molar-refractivity contribution is 6.09. The van der Waals surface area contributed by atoms with Gasteiger partial charge in [-0.15, -0.1) is 0 Å². The van der Waals surface area contributed by atoms with Crippen LogP contribution in [0.5, 0.6) is 11.5 Å². The van der Waals surface area contributed by atoms with Gasteiger partial charge in [-0.2, -0.15) is 5.10 Å². The second kappa shape index (κ2) is 14.0. The Morgan fingerprint density at radius 3 is 2.30 bits per heavy atom. The van der Waals surface area contributed by atoms with Crippen molar-refractivity contribution < 1.29 is 4.74 Å². The third-order valence-corrected chi connectivity index (χ3v) is 9.73. The quantitative estimate of drug-likeness (QED) is 0.130. The Labute approximate surface area is 296 Å². The van der Waals surface area contributed by atoms with Crippen LogP contribution in [0.3, 0.4) is 0 Å². The lowest BCUT2D eigenvalue weighted by molar-refractivity contribution is 0.378. The van der Waals surface area contributed by atoms with E-state index in [1.165, 1.54) is 52.3 Å². The number of hydrogen-bond acceptors (Lipinski definition) is 3. The standard InChI is InChI=1S/C45H48N4O/c1-7-8-10-14-33-24-26-46-43(28-33)48-41-22-19-34(23-25-45(4,5)6)27-40(41)39-21-20-38(30-42(39)48)50-37-18-13-17-36(29-37)49-32(3)44(31(2)47-49)35-15-11-9-12-16-35/h9,11-13,15-22,24,26-30H,7-8,10,14,23,25H2,1-6H3. The number of hydrogen-bond donors (Lipinski definition) is 0. The number of rotatable bonds is 11. The van der Waals surface area contributed by atoms with Gasteiger partial charge in [0.2, 0.25) is 0 Å². The number of aromatic nitrogens is 4. The molecule has 0 amide bonds. The molecule has 0 bridgehead atoms. The summed E-state index contributed by atoms with van der Waals surface area (Å²) in [5.41, 5.74) is 10.6. The van der Waals surface area contributed by atoms with Crippen molar-refractivity contribution in [1.29, 1.82) is 0 Å². The van der Waals surface area contributed by atoms with Crippen LogP contribution in [0.1, 0.15) is 75.9 Å². The first-order chi connectivity index (χ1) is 24.2. The fraction of sp³-hybridized carbons (Fsp3) is 0.289. The van der Waals surface area contributed by atoms with Gasteiger partial charge in [-0.25, -0.2) is 9.67 Å². The van der Waals surface area contributed by atoms with Gasteiger partial charge in [0.1, 0.15) is 17.3 Å². The van der Waals surface area contributed by atoms with E-state index in [2.05, 4.69) is 131 Å². The topological polar surface area (TPSA) is 44.9 Å². The molecule has 254 valence electrons. The van der Waals surface area contributed by atoms with Crippen molar-refractivity contribution in [2.24, 2.45) is 5.41 Å². The summed E-state index contributed by atoms with van der Waals surface area (Å²) in [7, 11) is 0. The molecule has 5 heteroatoms. The summed E-state index contributed by atoms with van der Waals surface area (Å²) in [5.74, 6) is 2.49. The van der Waals surface area contributed by atoms with Crippen molar-refractivity contribution in [3.05, 3.63) is 132 Å². The van der Waals surface area contributed by atoms with Crippen LogP contribution in [0.4, 0.5) is 0 Å². The molecule has 0 N–H and O–H groups in total. The van der Waals surface area contributed by atoms with Gasteiger partial charge in [-0.3, -0.25) is 4.57 Å². The SMILES string of the molecule is CCCCCc1ccnc(-n2c3ccc(CCC(C)(C)C)cc3c3ccc(Oc4cccc(-n5nc(C)c(-c6ccccc6)c5C)c4)cc32)c1. The third kappa shape index (κ3) is 6.96. The highest BCUT2D eigenvalue weighted by atomic mass is 16.5. The maximum Gasteiger partial charge on any atom is 0.137 e. The van der Waals surface area contributed by atoms with E-state index in [4.69, 9.17) is 14.8 Å². The molecular formula is C45H48N4O. The Kier molecular flexibility index (Phi) is 9.33. The highest BCUT2D eigenvalue weighted by Gasteiger charge is 2.18. The van der Waals surface area contributed by atoms with Gasteiger partial charge in [-0.1, -0.05) is 83.0 Å². The number of fused-ring (bicyclic) bond motifs is 3. The first kappa shape index (κ1) is 33.3. The Balaban J connectivity index is 1.27. The van der Waals surface area contributed by atoms with Crippen LogP contribution >= 0.6 is 0 Å². The van der Waals surface area contributed by atoms with Crippen LogP contribution in [-0.4, -0.2) is 19.3 Å². The molecule has 0 saturated heterocycles. The van der Waals surface area contributed by atoms with Crippen LogP contribution in [0.2, 0.25) is 0 Å². The number of unbranched alkanes of at least 4 members (excludes halogenated alkanes) is 2. The van der Waals surface area contributed by atoms with Crippen molar-refractivity contribution in [3.63, 3.8) is 0 Å². The molecule has 0 radical (unpaired) electrons. The fourth-order valence-electron chi connectivity index (χ4n) is 7.08. The van der Waals surface area contributed by atoms with Crippen molar-refractivity contribution in [2.45, 2.75) is 80.1 Å². The van der Waals surface area contributed by atoms with Crippen LogP contribution in [0.25, 0.3) is 44.4 Å². The molecule has 4 aromatic carbocycles. The van der Waals surface area contributed by atoms with E-state index < -0.39 is 0 Å². The van der Waals surface area contributed by atoms with Gasteiger partial charge < -0.3 is 4.74 Å². The van der Waals surface area contributed by atoms with E-state index in [0.29, 0.717) is 0 Å². The molecule has 0 atom stereocenters. The maximum atomic E-state index is 6.61. The normalized spacial score (nSPS) is 11.9. The summed E-state index contributed by atoms with van der Waals surface area (Å²) >= 11 is 0. The summed E-state index contributed by atoms with van der Waals surface area (Å²) in [4.78, 5) is 4.91. The minimum atomic E-state index is 0.285. The Bertz CT molecular complexity index is 2270. The Morgan fingerprint density at radius 2 is 1.50 bits per heavy atom. The molecule has 0 fully saturated rings. The summed E-state index contributed by atoms with van der Waals surface area (Å²) < 4.78 is 10.9. The molecule has 5 nitrogen and oxygen atoms in total. The molecule has 50 heavy (non-hydrogen) atoms. The van der Waals surface area contributed by atoms with E-state index in [9.17, 15) is 0 Å². The van der Waals surface area contributed by atoms with Crippen molar-refractivity contribution in [3.8, 4) is 34.1 Å². The van der Waals surface area contributed by atoms with Crippen LogP contribution < -0.4 is 4.74 Å². The lowest BCUT2D eigenvalue weighted by Crippen LogP contribution is -2.06. The molecule has 3 aromatic heterocycles. The Hall–Kier alpha value is -5.16. The molecule has 3 heterocycles. The van der Waals surface area contributed by atoms with Gasteiger partial charge in [-0.05, 0) is 110 Å². The highest BCUT2D eigenvalue weighted by Crippen LogP contribution is 2.37. The number of pyridine rings is 1. The van der Waals surface area contributed by atoms with Crippen molar-refractivity contribution >= 4 is 21.8 Å². The zero-order chi connectivity index (χ0) is 34.8. The summed E-state index contributed by atoms with van der Waals surface area (Å²) in [6.45, 7) is 13.4. The van der Waals surface area contributed by atoms with E-state index in [1.807, 2.05) is 29.1 Å². The fourth-order valence-corrected chi connectivity index (χ4v) is 7.08.